The van der Waals surface area contributed by atoms with Gasteiger partial charge in [0.2, 0.25) is 0 Å². The van der Waals surface area contributed by atoms with E-state index in [2.05, 4.69) is 39.9 Å². The molecule has 1 N–H and O–H groups in total. The molecule has 0 aliphatic rings. The lowest BCUT2D eigenvalue weighted by molar-refractivity contribution is 0.199. The number of benzene rings is 2. The molecule has 21 heavy (non-hydrogen) atoms. The number of fused-ring (bicyclic) bond motifs is 1. The number of para-hydroxylation sites is 1. The minimum atomic E-state index is 0.725. The zero-order valence-electron chi connectivity index (χ0n) is 12.0. The molecule has 0 aliphatic carbocycles. The van der Waals surface area contributed by atoms with Crippen LogP contribution >= 0.6 is 0 Å². The first-order chi connectivity index (χ1) is 10.4. The van der Waals surface area contributed by atoms with Crippen molar-refractivity contribution >= 4 is 11.0 Å². The Balaban J connectivity index is 1.75. The van der Waals surface area contributed by atoms with Gasteiger partial charge in [0.05, 0.1) is 17.8 Å². The van der Waals surface area contributed by atoms with Crippen LogP contribution in [-0.4, -0.2) is 35.3 Å². The van der Waals surface area contributed by atoms with Crippen LogP contribution in [0.1, 0.15) is 5.56 Å². The molecule has 108 valence electrons. The van der Waals surface area contributed by atoms with Crippen molar-refractivity contribution in [1.82, 2.24) is 20.3 Å². The molecular weight excluding hydrogens is 264 g/mol. The van der Waals surface area contributed by atoms with E-state index in [1.807, 2.05) is 28.9 Å². The van der Waals surface area contributed by atoms with Crippen molar-refractivity contribution in [1.29, 1.82) is 0 Å². The van der Waals surface area contributed by atoms with Crippen LogP contribution < -0.4 is 5.32 Å². The molecule has 0 amide bonds. The van der Waals surface area contributed by atoms with Gasteiger partial charge in [-0.15, -0.1) is 5.10 Å². The first kappa shape index (κ1) is 13.7. The fraction of sp³-hybridized carbons (Fsp3) is 0.250. The number of nitrogens with zero attached hydrogens (tertiary/aromatic N) is 3. The Labute approximate surface area is 123 Å². The Morgan fingerprint density at radius 1 is 1.10 bits per heavy atom. The first-order valence-corrected chi connectivity index (χ1v) is 6.98. The molecule has 5 nitrogen and oxygen atoms in total. The topological polar surface area (TPSA) is 52.0 Å². The second-order valence-corrected chi connectivity index (χ2v) is 4.83. The lowest BCUT2D eigenvalue weighted by atomic mass is 10.2. The predicted octanol–water partition coefficient (Wildman–Crippen LogP) is 2.16. The highest BCUT2D eigenvalue weighted by molar-refractivity contribution is 5.75. The van der Waals surface area contributed by atoms with Crippen molar-refractivity contribution in [2.75, 3.05) is 20.3 Å². The van der Waals surface area contributed by atoms with Crippen LogP contribution in [0.3, 0.4) is 0 Å². The van der Waals surface area contributed by atoms with Crippen LogP contribution in [-0.2, 0) is 11.3 Å². The van der Waals surface area contributed by atoms with Crippen molar-refractivity contribution in [2.24, 2.45) is 0 Å². The minimum Gasteiger partial charge on any atom is -0.383 e. The zero-order valence-corrected chi connectivity index (χ0v) is 12.0. The molecule has 0 saturated carbocycles. The number of ether oxygens (including phenoxy) is 1. The van der Waals surface area contributed by atoms with E-state index in [1.165, 1.54) is 5.56 Å². The van der Waals surface area contributed by atoms with Gasteiger partial charge in [-0.2, -0.15) is 0 Å². The number of methoxy groups -OCH3 is 1. The van der Waals surface area contributed by atoms with Crippen LogP contribution in [0.25, 0.3) is 16.7 Å². The zero-order chi connectivity index (χ0) is 14.5. The molecule has 2 aromatic carbocycles. The van der Waals surface area contributed by atoms with Gasteiger partial charge in [-0.05, 0) is 29.8 Å². The lowest BCUT2D eigenvalue weighted by Crippen LogP contribution is -2.18. The predicted molar refractivity (Wildman–Crippen MR) is 82.4 cm³/mol. The molecule has 0 saturated heterocycles. The molecule has 0 radical (unpaired) electrons. The molecule has 3 aromatic rings. The van der Waals surface area contributed by atoms with Crippen LogP contribution in [0.2, 0.25) is 0 Å². The van der Waals surface area contributed by atoms with Gasteiger partial charge < -0.3 is 10.1 Å². The number of hydrogen-bond acceptors (Lipinski definition) is 4. The number of nitrogens with one attached hydrogen (secondary N) is 1. The van der Waals surface area contributed by atoms with E-state index in [0.29, 0.717) is 0 Å². The quantitative estimate of drug-likeness (QED) is 0.704. The highest BCUT2D eigenvalue weighted by Crippen LogP contribution is 2.16. The van der Waals surface area contributed by atoms with E-state index in [4.69, 9.17) is 4.74 Å². The van der Waals surface area contributed by atoms with E-state index in [1.54, 1.807) is 7.11 Å². The Kier molecular flexibility index (Phi) is 4.23. The molecule has 1 heterocycles. The van der Waals surface area contributed by atoms with Gasteiger partial charge in [0.25, 0.3) is 0 Å². The van der Waals surface area contributed by atoms with E-state index < -0.39 is 0 Å². The molecule has 0 bridgehead atoms. The first-order valence-electron chi connectivity index (χ1n) is 6.98. The molecule has 0 spiro atoms. The number of aromatic nitrogens is 3. The van der Waals surface area contributed by atoms with Crippen LogP contribution in [0.4, 0.5) is 0 Å². The largest absolute Gasteiger partial charge is 0.383 e. The van der Waals surface area contributed by atoms with Crippen molar-refractivity contribution in [3.8, 4) is 5.69 Å². The summed E-state index contributed by atoms with van der Waals surface area (Å²) in [7, 11) is 1.71. The summed E-state index contributed by atoms with van der Waals surface area (Å²) in [4.78, 5) is 0. The molecule has 0 aliphatic heterocycles. The summed E-state index contributed by atoms with van der Waals surface area (Å²) in [5, 5.41) is 11.7. The maximum absolute atomic E-state index is 5.01. The summed E-state index contributed by atoms with van der Waals surface area (Å²) in [6.45, 7) is 2.41. The van der Waals surface area contributed by atoms with Crippen LogP contribution in [0, 0.1) is 0 Å². The molecule has 3 rings (SSSR count). The molecule has 0 fully saturated rings. The van der Waals surface area contributed by atoms with Crippen molar-refractivity contribution in [2.45, 2.75) is 6.54 Å². The second-order valence-electron chi connectivity index (χ2n) is 4.83. The summed E-state index contributed by atoms with van der Waals surface area (Å²) >= 11 is 0. The normalized spacial score (nSPS) is 11.1. The average molecular weight is 282 g/mol. The van der Waals surface area contributed by atoms with Crippen LogP contribution in [0.5, 0.6) is 0 Å². The van der Waals surface area contributed by atoms with Crippen molar-refractivity contribution in [3.63, 3.8) is 0 Å². The number of rotatable bonds is 6. The van der Waals surface area contributed by atoms with Gasteiger partial charge in [0.1, 0.15) is 5.52 Å². The third-order valence-corrected chi connectivity index (χ3v) is 3.34. The van der Waals surface area contributed by atoms with E-state index >= 15 is 0 Å². The standard InChI is InChI=1S/C16H18N4O/c1-21-11-10-17-12-13-6-8-14(9-7-13)20-16-5-3-2-4-15(16)18-19-20/h2-9,17H,10-12H2,1H3. The second kappa shape index (κ2) is 6.47. The monoisotopic (exact) mass is 282 g/mol. The van der Waals surface area contributed by atoms with E-state index in [0.717, 1.165) is 36.4 Å². The summed E-state index contributed by atoms with van der Waals surface area (Å²) in [6.07, 6.45) is 0. The smallest absolute Gasteiger partial charge is 0.113 e. The van der Waals surface area contributed by atoms with Crippen molar-refractivity contribution < 1.29 is 4.74 Å². The minimum absolute atomic E-state index is 0.725. The molecule has 0 atom stereocenters. The summed E-state index contributed by atoms with van der Waals surface area (Å²) in [6, 6.07) is 16.3. The lowest BCUT2D eigenvalue weighted by Gasteiger charge is -2.06. The van der Waals surface area contributed by atoms with Gasteiger partial charge in [0, 0.05) is 20.2 Å². The van der Waals surface area contributed by atoms with Gasteiger partial charge in [-0.1, -0.05) is 29.5 Å². The fourth-order valence-electron chi connectivity index (χ4n) is 2.22. The van der Waals surface area contributed by atoms with Crippen LogP contribution in [0.15, 0.2) is 48.5 Å². The highest BCUT2D eigenvalue weighted by Gasteiger charge is 2.05. The Morgan fingerprint density at radius 2 is 1.90 bits per heavy atom. The molecule has 0 unspecified atom stereocenters. The van der Waals surface area contributed by atoms with Crippen molar-refractivity contribution in [3.05, 3.63) is 54.1 Å². The summed E-state index contributed by atoms with van der Waals surface area (Å²) < 4.78 is 6.87. The maximum atomic E-state index is 5.01. The van der Waals surface area contributed by atoms with Gasteiger partial charge in [-0.25, -0.2) is 4.68 Å². The SMILES string of the molecule is COCCNCc1ccc(-n2nnc3ccccc32)cc1. The van der Waals surface area contributed by atoms with Gasteiger partial charge in [0.15, 0.2) is 0 Å². The maximum Gasteiger partial charge on any atom is 0.113 e. The Bertz CT molecular complexity index is 706. The fourth-order valence-corrected chi connectivity index (χ4v) is 2.22. The average Bonchev–Trinajstić information content (AvgIpc) is 2.96. The highest BCUT2D eigenvalue weighted by atomic mass is 16.5. The Morgan fingerprint density at radius 3 is 2.71 bits per heavy atom. The molecule has 5 heteroatoms. The van der Waals surface area contributed by atoms with Gasteiger partial charge in [-0.3, -0.25) is 0 Å². The molecule has 1 aromatic heterocycles. The summed E-state index contributed by atoms with van der Waals surface area (Å²) in [5.74, 6) is 0. The molecular formula is C16H18N4O. The Hall–Kier alpha value is -2.24. The summed E-state index contributed by atoms with van der Waals surface area (Å²) in [5.41, 5.74) is 4.18. The third kappa shape index (κ3) is 3.09. The third-order valence-electron chi connectivity index (χ3n) is 3.34. The van der Waals surface area contributed by atoms with Gasteiger partial charge >= 0.3 is 0 Å². The number of hydrogen-bond donors (Lipinski definition) is 1. The van der Waals surface area contributed by atoms with E-state index in [-0.39, 0.29) is 0 Å². The van der Waals surface area contributed by atoms with E-state index in [9.17, 15) is 0 Å².